The van der Waals surface area contributed by atoms with Gasteiger partial charge in [-0.3, -0.25) is 19.2 Å². The van der Waals surface area contributed by atoms with Crippen molar-refractivity contribution in [3.8, 4) is 17.1 Å². The van der Waals surface area contributed by atoms with Crippen molar-refractivity contribution in [3.63, 3.8) is 0 Å². The highest BCUT2D eigenvalue weighted by atomic mass is 16.5. The van der Waals surface area contributed by atoms with Gasteiger partial charge in [0.25, 0.3) is 5.91 Å². The number of hydrogen-bond donors (Lipinski definition) is 2. The van der Waals surface area contributed by atoms with Crippen LogP contribution >= 0.6 is 0 Å². The smallest absolute Gasteiger partial charge is 0.272 e. The van der Waals surface area contributed by atoms with E-state index >= 15 is 0 Å². The van der Waals surface area contributed by atoms with Crippen molar-refractivity contribution in [3.05, 3.63) is 36.3 Å². The van der Waals surface area contributed by atoms with Crippen molar-refractivity contribution < 1.29 is 14.3 Å². The van der Waals surface area contributed by atoms with Gasteiger partial charge in [0, 0.05) is 26.1 Å². The molecular formula is C19H17B3N8O3. The van der Waals surface area contributed by atoms with Gasteiger partial charge in [-0.05, 0) is 12.1 Å². The van der Waals surface area contributed by atoms with E-state index in [9.17, 15) is 9.59 Å². The maximum atomic E-state index is 12.7. The summed E-state index contributed by atoms with van der Waals surface area (Å²) in [6, 6.07) is 6.83. The Kier molecular flexibility index (Phi) is 5.83. The lowest BCUT2D eigenvalue weighted by atomic mass is 9.49. The molecule has 3 aromatic rings. The maximum absolute atomic E-state index is 12.7. The fourth-order valence-electron chi connectivity index (χ4n) is 3.23. The molecule has 14 heteroatoms. The molecule has 2 amide bonds. The summed E-state index contributed by atoms with van der Waals surface area (Å²) in [5.41, 5.74) is 1.20. The van der Waals surface area contributed by atoms with Gasteiger partial charge < -0.3 is 15.4 Å². The highest BCUT2D eigenvalue weighted by Crippen LogP contribution is 2.37. The first-order chi connectivity index (χ1) is 15.7. The minimum absolute atomic E-state index is 0.0989. The Balaban J connectivity index is 1.76. The standard InChI is InChI=1S/C19H17B3N8O3/c1-29-9-23-17(28-29)10-4-3-5-11(16(10)33-2)24-12-8-13(30-7-6-14(30)31)26-27-15(12)18(32)25-19(20,21)22/h3-5,8-9H,6-7H2,1-2H3,(H,24,26)(H,25,32). The molecule has 160 valence electrons. The molecule has 1 aromatic carbocycles. The first-order valence-corrected chi connectivity index (χ1v) is 9.83. The third-order valence-corrected chi connectivity index (χ3v) is 4.78. The van der Waals surface area contributed by atoms with E-state index in [4.69, 9.17) is 28.3 Å². The highest BCUT2D eigenvalue weighted by molar-refractivity contribution is 6.60. The number of β-lactam (4-membered cyclic amide) rings is 1. The molecule has 1 aliphatic heterocycles. The number of anilines is 3. The fraction of sp³-hybridized carbons (Fsp3) is 0.263. The molecule has 0 saturated carbocycles. The molecule has 11 nitrogen and oxygen atoms in total. The minimum atomic E-state index is -1.97. The van der Waals surface area contributed by atoms with E-state index in [1.165, 1.54) is 18.1 Å². The fourth-order valence-corrected chi connectivity index (χ4v) is 3.23. The number of amides is 2. The van der Waals surface area contributed by atoms with Gasteiger partial charge in [0.05, 0.1) is 47.6 Å². The zero-order valence-corrected chi connectivity index (χ0v) is 17.9. The summed E-state index contributed by atoms with van der Waals surface area (Å²) in [7, 11) is 19.8. The largest absolute Gasteiger partial charge is 0.494 e. The molecule has 4 rings (SSSR count). The van der Waals surface area contributed by atoms with E-state index < -0.39 is 11.1 Å². The van der Waals surface area contributed by atoms with Gasteiger partial charge in [-0.2, -0.15) is 5.10 Å². The van der Waals surface area contributed by atoms with Crippen LogP contribution in [-0.2, 0) is 11.8 Å². The van der Waals surface area contributed by atoms with Crippen LogP contribution in [0.3, 0.4) is 0 Å². The van der Waals surface area contributed by atoms with Crippen molar-refractivity contribution >= 4 is 52.5 Å². The highest BCUT2D eigenvalue weighted by Gasteiger charge is 2.29. The van der Waals surface area contributed by atoms with Crippen LogP contribution in [-0.4, -0.2) is 79.2 Å². The Labute approximate surface area is 193 Å². The molecule has 0 spiro atoms. The average molecular weight is 438 g/mol. The zero-order chi connectivity index (χ0) is 23.8. The van der Waals surface area contributed by atoms with Crippen molar-refractivity contribution in [2.75, 3.05) is 23.9 Å². The number of carbonyl (C=O) groups excluding carboxylic acids is 2. The summed E-state index contributed by atoms with van der Waals surface area (Å²) in [5.74, 6) is 0.305. The lowest BCUT2D eigenvalue weighted by Gasteiger charge is -2.29. The summed E-state index contributed by atoms with van der Waals surface area (Å²) < 4.78 is 7.18. The van der Waals surface area contributed by atoms with Crippen LogP contribution in [0, 0.1) is 0 Å². The van der Waals surface area contributed by atoms with Gasteiger partial charge in [0.2, 0.25) is 5.91 Å². The summed E-state index contributed by atoms with van der Waals surface area (Å²) in [4.78, 5) is 30.3. The van der Waals surface area contributed by atoms with Gasteiger partial charge in [-0.15, -0.1) is 10.2 Å². The molecule has 1 fully saturated rings. The number of aromatic nitrogens is 5. The maximum Gasteiger partial charge on any atom is 0.272 e. The van der Waals surface area contributed by atoms with Crippen LogP contribution in [0.5, 0.6) is 5.75 Å². The Bertz CT molecular complexity index is 1230. The Morgan fingerprint density at radius 2 is 2.00 bits per heavy atom. The average Bonchev–Trinajstić information content (AvgIpc) is 3.17. The van der Waals surface area contributed by atoms with Gasteiger partial charge >= 0.3 is 0 Å². The molecule has 6 radical (unpaired) electrons. The van der Waals surface area contributed by atoms with Gasteiger partial charge in [-0.1, -0.05) is 11.3 Å². The number of rotatable bonds is 7. The number of hydrogen-bond acceptors (Lipinski definition) is 8. The minimum Gasteiger partial charge on any atom is -0.494 e. The van der Waals surface area contributed by atoms with Crippen molar-refractivity contribution in [1.82, 2.24) is 30.3 Å². The SMILES string of the molecule is [B]C([B])([B])NC(=O)c1nnc(N2CCC2=O)cc1Nc1cccc(-c2ncn(C)n2)c1OC. The number of nitrogens with one attached hydrogen (secondary N) is 2. The molecule has 0 aliphatic carbocycles. The van der Waals surface area contributed by atoms with Crippen LogP contribution < -0.4 is 20.3 Å². The van der Waals surface area contributed by atoms with Crippen molar-refractivity contribution in [2.24, 2.45) is 7.05 Å². The lowest BCUT2D eigenvalue weighted by Crippen LogP contribution is -2.50. The third-order valence-electron chi connectivity index (χ3n) is 4.78. The monoisotopic (exact) mass is 438 g/mol. The van der Waals surface area contributed by atoms with Crippen molar-refractivity contribution in [1.29, 1.82) is 0 Å². The van der Waals surface area contributed by atoms with E-state index in [2.05, 4.69) is 30.9 Å². The molecule has 1 saturated heterocycles. The van der Waals surface area contributed by atoms with Crippen molar-refractivity contribution in [2.45, 2.75) is 11.7 Å². The molecule has 0 atom stereocenters. The number of para-hydroxylation sites is 1. The Hall–Kier alpha value is -3.83. The van der Waals surface area contributed by atoms with Gasteiger partial charge in [-0.25, -0.2) is 4.98 Å². The predicted molar refractivity (Wildman–Crippen MR) is 123 cm³/mol. The first kappa shape index (κ1) is 22.4. The van der Waals surface area contributed by atoms with Crippen LogP contribution in [0.15, 0.2) is 30.6 Å². The first-order valence-electron chi connectivity index (χ1n) is 9.83. The zero-order valence-electron chi connectivity index (χ0n) is 17.9. The van der Waals surface area contributed by atoms with Gasteiger partial charge in [0.1, 0.15) is 6.33 Å². The lowest BCUT2D eigenvalue weighted by molar-refractivity contribution is -0.122. The van der Waals surface area contributed by atoms with E-state index in [0.29, 0.717) is 35.8 Å². The second-order valence-corrected chi connectivity index (χ2v) is 7.40. The molecule has 0 bridgehead atoms. The van der Waals surface area contributed by atoms with Gasteiger partial charge in [0.15, 0.2) is 23.1 Å². The van der Waals surface area contributed by atoms with E-state index in [-0.39, 0.29) is 23.1 Å². The molecular weight excluding hydrogens is 421 g/mol. The van der Waals surface area contributed by atoms with E-state index in [1.54, 1.807) is 36.3 Å². The summed E-state index contributed by atoms with van der Waals surface area (Å²) >= 11 is 0. The van der Waals surface area contributed by atoms with Crippen LogP contribution in [0.25, 0.3) is 11.4 Å². The van der Waals surface area contributed by atoms with Crippen LogP contribution in [0.2, 0.25) is 0 Å². The van der Waals surface area contributed by atoms with E-state index in [1.807, 2.05) is 0 Å². The quantitative estimate of drug-likeness (QED) is 0.378. The molecule has 3 heterocycles. The number of carbonyl (C=O) groups is 2. The number of methoxy groups -OCH3 is 1. The predicted octanol–water partition coefficient (Wildman–Crippen LogP) is -0.392. The number of nitrogens with zero attached hydrogens (tertiary/aromatic N) is 6. The van der Waals surface area contributed by atoms with E-state index in [0.717, 1.165) is 0 Å². The molecule has 2 N–H and O–H groups in total. The summed E-state index contributed by atoms with van der Waals surface area (Å²) in [6.07, 6.45) is 1.98. The molecule has 1 aliphatic rings. The second kappa shape index (κ2) is 8.60. The second-order valence-electron chi connectivity index (χ2n) is 7.40. The Morgan fingerprint density at radius 1 is 1.21 bits per heavy atom. The number of ether oxygens (including phenoxy) is 1. The summed E-state index contributed by atoms with van der Waals surface area (Å²) in [5, 5.41) is 15.7. The third kappa shape index (κ3) is 4.69. The van der Waals surface area contributed by atoms with Crippen LogP contribution in [0.1, 0.15) is 16.9 Å². The Morgan fingerprint density at radius 3 is 2.58 bits per heavy atom. The number of aryl methyl sites for hydroxylation is 1. The molecule has 33 heavy (non-hydrogen) atoms. The summed E-state index contributed by atoms with van der Waals surface area (Å²) in [6.45, 7) is 0.500. The van der Waals surface area contributed by atoms with Crippen LogP contribution in [0.4, 0.5) is 17.2 Å². The normalized spacial score (nSPS) is 13.4. The topological polar surface area (TPSA) is 127 Å². The molecule has 0 unspecified atom stereocenters. The molecule has 2 aromatic heterocycles. The number of benzene rings is 1.